The van der Waals surface area contributed by atoms with Crippen LogP contribution in [-0.4, -0.2) is 29.9 Å². The number of hydrogen-bond donors (Lipinski definition) is 3. The molecule has 39 heavy (non-hydrogen) atoms. The molecule has 3 aromatic carbocycles. The number of aliphatic carboxylic acids is 1. The smallest absolute Gasteiger partial charge is 0.328 e. The molecule has 1 unspecified atom stereocenters. The van der Waals surface area contributed by atoms with E-state index in [4.69, 9.17) is 10.5 Å². The second-order valence-electron chi connectivity index (χ2n) is 10.7. The number of allylic oxidation sites excluding steroid dienone is 1. The molecule has 3 aromatic rings. The van der Waals surface area contributed by atoms with E-state index in [1.807, 2.05) is 25.3 Å². The maximum absolute atomic E-state index is 11.0. The SMILES string of the molecule is CCN/C=C(\C=N)c1ccc2c(c1)C[C@@H](C)N(c1ccc(C3CC3)cc1C)C2c1ccc(/C=C/C(=O)O)cc1. The summed E-state index contributed by atoms with van der Waals surface area (Å²) in [7, 11) is 0. The van der Waals surface area contributed by atoms with Crippen LogP contribution in [0.1, 0.15) is 77.6 Å². The maximum Gasteiger partial charge on any atom is 0.328 e. The summed E-state index contributed by atoms with van der Waals surface area (Å²) in [5.74, 6) is -0.232. The molecule has 0 aromatic heterocycles. The van der Waals surface area contributed by atoms with Crippen LogP contribution in [0.2, 0.25) is 0 Å². The third kappa shape index (κ3) is 5.68. The largest absolute Gasteiger partial charge is 0.478 e. The monoisotopic (exact) mass is 519 g/mol. The Morgan fingerprint density at radius 3 is 2.46 bits per heavy atom. The molecule has 1 aliphatic carbocycles. The molecule has 0 spiro atoms. The van der Waals surface area contributed by atoms with Gasteiger partial charge in [0.25, 0.3) is 0 Å². The van der Waals surface area contributed by atoms with Gasteiger partial charge in [0.1, 0.15) is 0 Å². The molecule has 2 atom stereocenters. The lowest BCUT2D eigenvalue weighted by Gasteiger charge is -2.45. The van der Waals surface area contributed by atoms with Crippen LogP contribution in [0, 0.1) is 12.3 Å². The van der Waals surface area contributed by atoms with Gasteiger partial charge in [-0.05, 0) is 97.0 Å². The van der Waals surface area contributed by atoms with Gasteiger partial charge in [-0.3, -0.25) is 0 Å². The minimum Gasteiger partial charge on any atom is -0.478 e. The number of benzene rings is 3. The second kappa shape index (κ2) is 11.3. The fourth-order valence-corrected chi connectivity index (χ4v) is 5.78. The quantitative estimate of drug-likeness (QED) is 0.208. The van der Waals surface area contributed by atoms with Gasteiger partial charge in [-0.1, -0.05) is 54.6 Å². The average Bonchev–Trinajstić information content (AvgIpc) is 3.78. The Balaban J connectivity index is 1.60. The van der Waals surface area contributed by atoms with Crippen molar-refractivity contribution in [2.75, 3.05) is 11.4 Å². The number of carboxylic acids is 1. The van der Waals surface area contributed by atoms with Gasteiger partial charge in [0.15, 0.2) is 0 Å². The average molecular weight is 520 g/mol. The Morgan fingerprint density at radius 2 is 1.82 bits per heavy atom. The first-order valence-corrected chi connectivity index (χ1v) is 13.9. The summed E-state index contributed by atoms with van der Waals surface area (Å²) < 4.78 is 0. The molecule has 0 saturated heterocycles. The van der Waals surface area contributed by atoms with Gasteiger partial charge in [-0.2, -0.15) is 0 Å². The molecular formula is C34H37N3O2. The zero-order valence-electron chi connectivity index (χ0n) is 22.9. The maximum atomic E-state index is 11.0. The first kappa shape index (κ1) is 26.5. The van der Waals surface area contributed by atoms with E-state index in [2.05, 4.69) is 72.6 Å². The fourth-order valence-electron chi connectivity index (χ4n) is 5.78. The number of rotatable bonds is 9. The molecule has 3 N–H and O–H groups in total. The van der Waals surface area contributed by atoms with Gasteiger partial charge in [0, 0.05) is 42.3 Å². The van der Waals surface area contributed by atoms with Crippen molar-refractivity contribution in [3.05, 3.63) is 112 Å². The van der Waals surface area contributed by atoms with Crippen molar-refractivity contribution < 1.29 is 9.90 Å². The highest BCUT2D eigenvalue weighted by atomic mass is 16.4. The minimum absolute atomic E-state index is 0.0157. The van der Waals surface area contributed by atoms with Crippen molar-refractivity contribution in [3.63, 3.8) is 0 Å². The molecule has 200 valence electrons. The van der Waals surface area contributed by atoms with Gasteiger partial charge in [0.05, 0.1) is 6.04 Å². The second-order valence-corrected chi connectivity index (χ2v) is 10.7. The number of nitrogens with zero attached hydrogens (tertiary/aromatic N) is 1. The first-order valence-electron chi connectivity index (χ1n) is 13.9. The molecule has 0 bridgehead atoms. The highest BCUT2D eigenvalue weighted by molar-refractivity contribution is 6.08. The van der Waals surface area contributed by atoms with Crippen molar-refractivity contribution in [2.45, 2.75) is 58.0 Å². The van der Waals surface area contributed by atoms with E-state index in [9.17, 15) is 4.79 Å². The van der Waals surface area contributed by atoms with E-state index in [0.717, 1.165) is 35.6 Å². The molecule has 5 rings (SSSR count). The van der Waals surface area contributed by atoms with Crippen molar-refractivity contribution in [1.82, 2.24) is 5.32 Å². The zero-order valence-corrected chi connectivity index (χ0v) is 22.9. The van der Waals surface area contributed by atoms with Gasteiger partial charge in [-0.15, -0.1) is 0 Å². The van der Waals surface area contributed by atoms with Gasteiger partial charge >= 0.3 is 5.97 Å². The summed E-state index contributed by atoms with van der Waals surface area (Å²) in [6.45, 7) is 7.39. The summed E-state index contributed by atoms with van der Waals surface area (Å²) in [6, 6.07) is 22.1. The number of nitrogens with one attached hydrogen (secondary N) is 2. The Bertz CT molecular complexity index is 1430. The van der Waals surface area contributed by atoms with Gasteiger partial charge in [-0.25, -0.2) is 4.79 Å². The highest BCUT2D eigenvalue weighted by Gasteiger charge is 2.35. The van der Waals surface area contributed by atoms with Crippen LogP contribution in [-0.2, 0) is 11.2 Å². The van der Waals surface area contributed by atoms with Crippen molar-refractivity contribution in [2.24, 2.45) is 0 Å². The predicted molar refractivity (Wildman–Crippen MR) is 161 cm³/mol. The van der Waals surface area contributed by atoms with Crippen LogP contribution >= 0.6 is 0 Å². The molecule has 1 heterocycles. The number of anilines is 1. The number of aryl methyl sites for hydroxylation is 1. The summed E-state index contributed by atoms with van der Waals surface area (Å²) in [5, 5.41) is 20.2. The van der Waals surface area contributed by atoms with E-state index >= 15 is 0 Å². The van der Waals surface area contributed by atoms with E-state index in [1.54, 1.807) is 6.08 Å². The van der Waals surface area contributed by atoms with E-state index in [-0.39, 0.29) is 12.1 Å². The predicted octanol–water partition coefficient (Wildman–Crippen LogP) is 7.11. The van der Waals surface area contributed by atoms with E-state index in [0.29, 0.717) is 0 Å². The van der Waals surface area contributed by atoms with Crippen LogP contribution in [0.15, 0.2) is 72.9 Å². The number of carbonyl (C=O) groups is 1. The standard InChI is InChI=1S/C34H37N3O2/c1-4-36-21-30(20-35)28-12-14-31-29(19-28)18-23(3)37(32-15-13-27(17-22(32)2)25-10-11-25)34(31)26-8-5-24(6-9-26)7-16-33(38)39/h5-9,12-17,19-21,23,25,34-36H,4,10-11,18H2,1-3H3,(H,38,39)/b16-7+,30-21+,35-20?/t23-,34?/m1/s1. The van der Waals surface area contributed by atoms with Crippen LogP contribution in [0.5, 0.6) is 0 Å². The van der Waals surface area contributed by atoms with E-state index < -0.39 is 5.97 Å². The topological polar surface area (TPSA) is 76.4 Å². The summed E-state index contributed by atoms with van der Waals surface area (Å²) in [5.41, 5.74) is 10.5. The summed E-state index contributed by atoms with van der Waals surface area (Å²) in [4.78, 5) is 13.6. The Hall–Kier alpha value is -4.12. The molecule has 0 radical (unpaired) electrons. The third-order valence-electron chi connectivity index (χ3n) is 7.87. The normalized spacial score (nSPS) is 19.2. The van der Waals surface area contributed by atoms with Crippen LogP contribution in [0.4, 0.5) is 5.69 Å². The molecule has 1 aliphatic heterocycles. The van der Waals surface area contributed by atoms with Crippen molar-refractivity contribution >= 4 is 29.5 Å². The number of hydrogen-bond acceptors (Lipinski definition) is 4. The molecule has 0 amide bonds. The van der Waals surface area contributed by atoms with Crippen LogP contribution < -0.4 is 10.2 Å². The highest BCUT2D eigenvalue weighted by Crippen LogP contribution is 2.45. The molecular weight excluding hydrogens is 482 g/mol. The first-order chi connectivity index (χ1) is 18.9. The Kier molecular flexibility index (Phi) is 7.69. The lowest BCUT2D eigenvalue weighted by atomic mass is 9.82. The van der Waals surface area contributed by atoms with Gasteiger partial charge < -0.3 is 20.7 Å². The van der Waals surface area contributed by atoms with E-state index in [1.165, 1.54) is 58.6 Å². The zero-order chi connectivity index (χ0) is 27.5. The molecule has 2 aliphatic rings. The number of fused-ring (bicyclic) bond motifs is 1. The Labute approximate surface area is 231 Å². The van der Waals surface area contributed by atoms with Crippen LogP contribution in [0.3, 0.4) is 0 Å². The summed E-state index contributed by atoms with van der Waals surface area (Å²) in [6.07, 6.45) is 9.62. The minimum atomic E-state index is -0.950. The van der Waals surface area contributed by atoms with Crippen molar-refractivity contribution in [1.29, 1.82) is 5.41 Å². The molecule has 5 heteroatoms. The van der Waals surface area contributed by atoms with Crippen molar-refractivity contribution in [3.8, 4) is 0 Å². The molecule has 5 nitrogen and oxygen atoms in total. The third-order valence-corrected chi connectivity index (χ3v) is 7.87. The summed E-state index contributed by atoms with van der Waals surface area (Å²) >= 11 is 0. The molecule has 1 fully saturated rings. The molecule has 1 saturated carbocycles. The van der Waals surface area contributed by atoms with Gasteiger partial charge in [0.2, 0.25) is 0 Å². The van der Waals surface area contributed by atoms with Crippen LogP contribution in [0.25, 0.3) is 11.6 Å². The fraction of sp³-hybridized carbons (Fsp3) is 0.294. The lowest BCUT2D eigenvalue weighted by molar-refractivity contribution is -0.131. The number of carboxylic acid groups (broad SMARTS) is 1. The lowest BCUT2D eigenvalue weighted by Crippen LogP contribution is -2.43. The Morgan fingerprint density at radius 1 is 1.08 bits per heavy atom.